The molecule has 4 aromatic carbocycles. The fraction of sp³-hybridized carbons (Fsp3) is 0.148. The first kappa shape index (κ1) is 16.6. The number of furan rings is 1. The molecule has 0 bridgehead atoms. The molecule has 6 aromatic rings. The predicted octanol–water partition coefficient (Wildman–Crippen LogP) is 7.69. The fourth-order valence-electron chi connectivity index (χ4n) is 4.59. The van der Waals surface area contributed by atoms with E-state index in [2.05, 4.69) is 81.4 Å². The van der Waals surface area contributed by atoms with Crippen molar-refractivity contribution in [3.05, 3.63) is 78.5 Å². The van der Waals surface area contributed by atoms with Crippen molar-refractivity contribution in [2.45, 2.75) is 26.2 Å². The van der Waals surface area contributed by atoms with Crippen LogP contribution in [0.2, 0.25) is 0 Å². The van der Waals surface area contributed by atoms with Gasteiger partial charge in [0.15, 0.2) is 5.58 Å². The van der Waals surface area contributed by atoms with E-state index < -0.39 is 0 Å². The highest BCUT2D eigenvalue weighted by molar-refractivity contribution is 6.23. The molecule has 0 radical (unpaired) electrons. The van der Waals surface area contributed by atoms with Crippen LogP contribution in [0.3, 0.4) is 0 Å². The Kier molecular flexibility index (Phi) is 3.18. The van der Waals surface area contributed by atoms with Crippen LogP contribution >= 0.6 is 0 Å². The highest BCUT2D eigenvalue weighted by Gasteiger charge is 2.21. The Bertz CT molecular complexity index is 1530. The number of pyridine rings is 1. The minimum Gasteiger partial charge on any atom is -0.454 e. The second-order valence-electron chi connectivity index (χ2n) is 8.92. The van der Waals surface area contributed by atoms with Crippen LogP contribution in [0, 0.1) is 0 Å². The predicted molar refractivity (Wildman–Crippen MR) is 122 cm³/mol. The number of hydrogen-bond acceptors (Lipinski definition) is 2. The molecule has 0 atom stereocenters. The van der Waals surface area contributed by atoms with Crippen LogP contribution in [-0.4, -0.2) is 4.98 Å². The van der Waals surface area contributed by atoms with E-state index >= 15 is 0 Å². The average Bonchev–Trinajstić information content (AvgIpc) is 3.11. The number of fused-ring (bicyclic) bond motifs is 1. The molecule has 0 unspecified atom stereocenters. The Morgan fingerprint density at radius 2 is 1.55 bits per heavy atom. The van der Waals surface area contributed by atoms with Crippen molar-refractivity contribution in [2.24, 2.45) is 0 Å². The Morgan fingerprint density at radius 3 is 2.41 bits per heavy atom. The monoisotopic (exact) mass is 375 g/mol. The fourth-order valence-corrected chi connectivity index (χ4v) is 4.59. The summed E-state index contributed by atoms with van der Waals surface area (Å²) in [7, 11) is 0. The SMILES string of the molecule is CC(C)(C)c1cc(-c2ncc3ccc4cccc5oc2c3c45)cc2ccccc12. The van der Waals surface area contributed by atoms with Crippen LogP contribution in [0.5, 0.6) is 0 Å². The molecule has 29 heavy (non-hydrogen) atoms. The summed E-state index contributed by atoms with van der Waals surface area (Å²) in [6.07, 6.45) is 1.98. The third-order valence-corrected chi connectivity index (χ3v) is 5.97. The highest BCUT2D eigenvalue weighted by atomic mass is 16.3. The summed E-state index contributed by atoms with van der Waals surface area (Å²) in [5.74, 6) is 0. The van der Waals surface area contributed by atoms with Crippen molar-refractivity contribution in [1.29, 1.82) is 0 Å². The van der Waals surface area contributed by atoms with Crippen LogP contribution < -0.4 is 0 Å². The molecule has 2 nitrogen and oxygen atoms in total. The Balaban J connectivity index is 1.74. The van der Waals surface area contributed by atoms with E-state index in [9.17, 15) is 0 Å². The van der Waals surface area contributed by atoms with Crippen LogP contribution in [0.15, 0.2) is 77.3 Å². The van der Waals surface area contributed by atoms with Crippen molar-refractivity contribution in [1.82, 2.24) is 4.98 Å². The standard InChI is InChI=1S/C27H21NO/c1-27(2,3)21-14-19(13-17-7-4-5-9-20(17)21)25-26-24-18(15-28-25)12-11-16-8-6-10-22(29-26)23(16)24/h4-15H,1-3H3. The van der Waals surface area contributed by atoms with Gasteiger partial charge in [-0.25, -0.2) is 0 Å². The lowest BCUT2D eigenvalue weighted by molar-refractivity contribution is 0.596. The number of rotatable bonds is 1. The van der Waals surface area contributed by atoms with Crippen molar-refractivity contribution >= 4 is 43.5 Å². The lowest BCUT2D eigenvalue weighted by atomic mass is 9.82. The van der Waals surface area contributed by atoms with Gasteiger partial charge in [-0.2, -0.15) is 0 Å². The van der Waals surface area contributed by atoms with E-state index in [-0.39, 0.29) is 5.41 Å². The molecule has 2 aromatic heterocycles. The molecule has 0 fully saturated rings. The molecule has 2 heteroatoms. The van der Waals surface area contributed by atoms with Crippen molar-refractivity contribution in [3.8, 4) is 11.3 Å². The second-order valence-corrected chi connectivity index (χ2v) is 8.92. The molecule has 0 saturated carbocycles. The summed E-state index contributed by atoms with van der Waals surface area (Å²) in [4.78, 5) is 4.86. The van der Waals surface area contributed by atoms with Gasteiger partial charge in [-0.3, -0.25) is 4.98 Å². The highest BCUT2D eigenvalue weighted by Crippen LogP contribution is 2.42. The number of aromatic nitrogens is 1. The normalized spacial score (nSPS) is 12.7. The summed E-state index contributed by atoms with van der Waals surface area (Å²) in [5.41, 5.74) is 5.18. The second kappa shape index (κ2) is 5.57. The topological polar surface area (TPSA) is 26.0 Å². The van der Waals surface area contributed by atoms with Gasteiger partial charge in [0, 0.05) is 27.9 Å². The Morgan fingerprint density at radius 1 is 0.759 bits per heavy atom. The first-order valence-corrected chi connectivity index (χ1v) is 10.1. The van der Waals surface area contributed by atoms with Gasteiger partial charge in [-0.1, -0.05) is 69.3 Å². The first-order valence-electron chi connectivity index (χ1n) is 10.1. The van der Waals surface area contributed by atoms with Crippen molar-refractivity contribution < 1.29 is 4.42 Å². The molecule has 0 amide bonds. The first-order chi connectivity index (χ1) is 14.0. The minimum atomic E-state index is 0.0316. The van der Waals surface area contributed by atoms with Gasteiger partial charge in [0.1, 0.15) is 11.3 Å². The summed E-state index contributed by atoms with van der Waals surface area (Å²) in [5, 5.41) is 7.23. The molecule has 6 rings (SSSR count). The largest absolute Gasteiger partial charge is 0.454 e. The molecule has 0 aliphatic carbocycles. The molecule has 0 N–H and O–H groups in total. The molecule has 2 heterocycles. The van der Waals surface area contributed by atoms with Crippen LogP contribution in [-0.2, 0) is 5.41 Å². The Labute approximate surface area is 169 Å². The van der Waals surface area contributed by atoms with E-state index in [1.165, 1.54) is 32.5 Å². The van der Waals surface area contributed by atoms with Crippen LogP contribution in [0.25, 0.3) is 54.7 Å². The zero-order valence-corrected chi connectivity index (χ0v) is 16.8. The zero-order chi connectivity index (χ0) is 19.8. The molecule has 0 spiro atoms. The number of hydrogen-bond donors (Lipinski definition) is 0. The van der Waals surface area contributed by atoms with Gasteiger partial charge in [-0.15, -0.1) is 0 Å². The zero-order valence-electron chi connectivity index (χ0n) is 16.8. The van der Waals surface area contributed by atoms with E-state index in [1.807, 2.05) is 12.3 Å². The van der Waals surface area contributed by atoms with Gasteiger partial charge < -0.3 is 4.42 Å². The summed E-state index contributed by atoms with van der Waals surface area (Å²) < 4.78 is 6.37. The van der Waals surface area contributed by atoms with Crippen LogP contribution in [0.1, 0.15) is 26.3 Å². The van der Waals surface area contributed by atoms with Gasteiger partial charge in [0.25, 0.3) is 0 Å². The minimum absolute atomic E-state index is 0.0316. The van der Waals surface area contributed by atoms with Gasteiger partial charge in [0.2, 0.25) is 0 Å². The van der Waals surface area contributed by atoms with E-state index in [4.69, 9.17) is 9.40 Å². The third-order valence-electron chi connectivity index (χ3n) is 5.97. The maximum Gasteiger partial charge on any atom is 0.162 e. The van der Waals surface area contributed by atoms with Crippen LogP contribution in [0.4, 0.5) is 0 Å². The summed E-state index contributed by atoms with van der Waals surface area (Å²) in [6.45, 7) is 6.80. The summed E-state index contributed by atoms with van der Waals surface area (Å²) in [6, 6.07) is 23.7. The maximum absolute atomic E-state index is 6.37. The van der Waals surface area contributed by atoms with E-state index in [0.29, 0.717) is 0 Å². The maximum atomic E-state index is 6.37. The molecule has 0 saturated heterocycles. The van der Waals surface area contributed by atoms with Crippen molar-refractivity contribution in [3.63, 3.8) is 0 Å². The third kappa shape index (κ3) is 2.32. The average molecular weight is 375 g/mol. The van der Waals surface area contributed by atoms with Gasteiger partial charge >= 0.3 is 0 Å². The lowest BCUT2D eigenvalue weighted by Crippen LogP contribution is -2.12. The lowest BCUT2D eigenvalue weighted by Gasteiger charge is -2.22. The smallest absolute Gasteiger partial charge is 0.162 e. The van der Waals surface area contributed by atoms with Gasteiger partial charge in [-0.05, 0) is 45.3 Å². The molecule has 0 aliphatic rings. The van der Waals surface area contributed by atoms with E-state index in [1.54, 1.807) is 0 Å². The van der Waals surface area contributed by atoms with Gasteiger partial charge in [0.05, 0.1) is 0 Å². The molecular formula is C27H21NO. The molecular weight excluding hydrogens is 354 g/mol. The molecule has 0 aliphatic heterocycles. The number of benzene rings is 4. The van der Waals surface area contributed by atoms with Crippen molar-refractivity contribution in [2.75, 3.05) is 0 Å². The quantitative estimate of drug-likeness (QED) is 0.275. The Hall–Kier alpha value is -3.39. The van der Waals surface area contributed by atoms with E-state index in [0.717, 1.165) is 27.8 Å². The molecule has 140 valence electrons. The number of nitrogens with zero attached hydrogens (tertiary/aromatic N) is 1. The summed E-state index contributed by atoms with van der Waals surface area (Å²) >= 11 is 0.